The van der Waals surface area contributed by atoms with E-state index < -0.39 is 0 Å². The van der Waals surface area contributed by atoms with Gasteiger partial charge in [0, 0.05) is 24.7 Å². The van der Waals surface area contributed by atoms with Crippen LogP contribution in [0.4, 0.5) is 5.82 Å². The molecule has 0 aliphatic heterocycles. The van der Waals surface area contributed by atoms with E-state index in [4.69, 9.17) is 4.74 Å². The van der Waals surface area contributed by atoms with Gasteiger partial charge in [-0.05, 0) is 19.1 Å². The Morgan fingerprint density at radius 1 is 1.40 bits per heavy atom. The Morgan fingerprint density at radius 3 is 2.95 bits per heavy atom. The van der Waals surface area contributed by atoms with E-state index in [0.717, 1.165) is 0 Å². The summed E-state index contributed by atoms with van der Waals surface area (Å²) in [5.74, 6) is -0.316. The third-order valence-electron chi connectivity index (χ3n) is 2.40. The fourth-order valence-electron chi connectivity index (χ4n) is 1.54. The van der Waals surface area contributed by atoms with E-state index in [1.54, 1.807) is 37.5 Å². The average molecular weight is 274 g/mol. The Morgan fingerprint density at radius 2 is 2.25 bits per heavy atom. The zero-order valence-corrected chi connectivity index (χ0v) is 10.9. The number of esters is 1. The SMILES string of the molecule is CCOC(=O)Cn1ccc(NC(=O)c2cccnc2)n1. The average Bonchev–Trinajstić information content (AvgIpc) is 2.87. The molecule has 0 saturated heterocycles. The Labute approximate surface area is 115 Å². The number of hydrogen-bond donors (Lipinski definition) is 1. The number of aromatic nitrogens is 3. The van der Waals surface area contributed by atoms with Gasteiger partial charge in [0.15, 0.2) is 5.82 Å². The molecule has 1 N–H and O–H groups in total. The second-order valence-electron chi connectivity index (χ2n) is 3.90. The number of amides is 1. The van der Waals surface area contributed by atoms with Crippen molar-refractivity contribution in [2.45, 2.75) is 13.5 Å². The van der Waals surface area contributed by atoms with Crippen molar-refractivity contribution in [3.63, 3.8) is 0 Å². The van der Waals surface area contributed by atoms with E-state index >= 15 is 0 Å². The van der Waals surface area contributed by atoms with Crippen LogP contribution in [-0.4, -0.2) is 33.2 Å². The summed E-state index contributed by atoms with van der Waals surface area (Å²) in [6.45, 7) is 2.07. The van der Waals surface area contributed by atoms with E-state index in [1.165, 1.54) is 10.9 Å². The van der Waals surface area contributed by atoms with Crippen LogP contribution in [0.15, 0.2) is 36.8 Å². The molecule has 0 spiro atoms. The molecule has 0 aliphatic rings. The maximum Gasteiger partial charge on any atom is 0.327 e. The topological polar surface area (TPSA) is 86.1 Å². The highest BCUT2D eigenvalue weighted by atomic mass is 16.5. The van der Waals surface area contributed by atoms with Crippen LogP contribution in [0.5, 0.6) is 0 Å². The summed E-state index contributed by atoms with van der Waals surface area (Å²) in [4.78, 5) is 27.0. The van der Waals surface area contributed by atoms with Gasteiger partial charge in [-0.1, -0.05) is 0 Å². The van der Waals surface area contributed by atoms with Crippen LogP contribution in [-0.2, 0) is 16.1 Å². The lowest BCUT2D eigenvalue weighted by molar-refractivity contribution is -0.144. The van der Waals surface area contributed by atoms with Gasteiger partial charge in [0.25, 0.3) is 5.91 Å². The number of carbonyl (C=O) groups excluding carboxylic acids is 2. The van der Waals surface area contributed by atoms with Gasteiger partial charge in [0.1, 0.15) is 6.54 Å². The number of carbonyl (C=O) groups is 2. The molecule has 0 saturated carbocycles. The normalized spacial score (nSPS) is 10.1. The molecule has 20 heavy (non-hydrogen) atoms. The predicted octanol–water partition coefficient (Wildman–Crippen LogP) is 1.09. The van der Waals surface area contributed by atoms with Gasteiger partial charge >= 0.3 is 5.97 Å². The van der Waals surface area contributed by atoms with Gasteiger partial charge in [-0.2, -0.15) is 5.10 Å². The Balaban J connectivity index is 1.96. The van der Waals surface area contributed by atoms with Crippen LogP contribution in [0.2, 0.25) is 0 Å². The van der Waals surface area contributed by atoms with Crippen molar-refractivity contribution in [1.29, 1.82) is 0 Å². The first-order chi connectivity index (χ1) is 9.69. The third kappa shape index (κ3) is 3.64. The highest BCUT2D eigenvalue weighted by Gasteiger charge is 2.09. The smallest absolute Gasteiger partial charge is 0.327 e. The van der Waals surface area contributed by atoms with E-state index in [-0.39, 0.29) is 18.4 Å². The molecule has 7 heteroatoms. The second kappa shape index (κ2) is 6.46. The molecular weight excluding hydrogens is 260 g/mol. The number of nitrogens with zero attached hydrogens (tertiary/aromatic N) is 3. The summed E-state index contributed by atoms with van der Waals surface area (Å²) in [5, 5.41) is 6.68. The first kappa shape index (κ1) is 13.7. The van der Waals surface area contributed by atoms with E-state index in [0.29, 0.717) is 18.0 Å². The van der Waals surface area contributed by atoms with Crippen LogP contribution >= 0.6 is 0 Å². The highest BCUT2D eigenvalue weighted by Crippen LogP contribution is 2.06. The van der Waals surface area contributed by atoms with E-state index in [1.807, 2.05) is 0 Å². The molecule has 0 aliphatic carbocycles. The Bertz CT molecular complexity index is 595. The lowest BCUT2D eigenvalue weighted by Gasteiger charge is -2.02. The number of pyridine rings is 1. The maximum absolute atomic E-state index is 11.9. The molecule has 7 nitrogen and oxygen atoms in total. The maximum atomic E-state index is 11.9. The molecule has 2 rings (SSSR count). The molecule has 0 fully saturated rings. The number of rotatable bonds is 5. The molecule has 2 heterocycles. The zero-order valence-electron chi connectivity index (χ0n) is 10.9. The number of nitrogens with one attached hydrogen (secondary N) is 1. The summed E-state index contributed by atoms with van der Waals surface area (Å²) in [6, 6.07) is 4.93. The Hall–Kier alpha value is -2.70. The third-order valence-corrected chi connectivity index (χ3v) is 2.40. The first-order valence-electron chi connectivity index (χ1n) is 6.09. The Kier molecular flexibility index (Phi) is 4.43. The number of ether oxygens (including phenoxy) is 1. The lowest BCUT2D eigenvalue weighted by Crippen LogP contribution is -2.15. The van der Waals surface area contributed by atoms with Crippen LogP contribution in [0.1, 0.15) is 17.3 Å². The molecule has 0 radical (unpaired) electrons. The summed E-state index contributed by atoms with van der Waals surface area (Å²) in [7, 11) is 0. The van der Waals surface area contributed by atoms with Gasteiger partial charge in [0.05, 0.1) is 12.2 Å². The van der Waals surface area contributed by atoms with E-state index in [9.17, 15) is 9.59 Å². The van der Waals surface area contributed by atoms with Crippen molar-refractivity contribution in [1.82, 2.24) is 14.8 Å². The van der Waals surface area contributed by atoms with Crippen LogP contribution in [0.3, 0.4) is 0 Å². The summed E-state index contributed by atoms with van der Waals surface area (Å²) < 4.78 is 6.21. The number of hydrogen-bond acceptors (Lipinski definition) is 5. The van der Waals surface area contributed by atoms with Gasteiger partial charge in [0.2, 0.25) is 0 Å². The van der Waals surface area contributed by atoms with Crippen LogP contribution < -0.4 is 5.32 Å². The fourth-order valence-corrected chi connectivity index (χ4v) is 1.54. The molecule has 2 aromatic heterocycles. The molecule has 0 aromatic carbocycles. The van der Waals surface area contributed by atoms with Crippen molar-refractivity contribution < 1.29 is 14.3 Å². The molecular formula is C13H14N4O3. The van der Waals surface area contributed by atoms with E-state index in [2.05, 4.69) is 15.4 Å². The minimum absolute atomic E-state index is 0.0105. The molecule has 0 unspecified atom stereocenters. The minimum Gasteiger partial charge on any atom is -0.465 e. The summed E-state index contributed by atoms with van der Waals surface area (Å²) in [5.41, 5.74) is 0.437. The van der Waals surface area contributed by atoms with Gasteiger partial charge in [-0.25, -0.2) is 0 Å². The van der Waals surface area contributed by atoms with Gasteiger partial charge in [-0.15, -0.1) is 0 Å². The quantitative estimate of drug-likeness (QED) is 0.825. The van der Waals surface area contributed by atoms with Crippen molar-refractivity contribution in [3.05, 3.63) is 42.4 Å². The van der Waals surface area contributed by atoms with Crippen molar-refractivity contribution in [3.8, 4) is 0 Å². The summed E-state index contributed by atoms with van der Waals surface area (Å²) in [6.07, 6.45) is 4.64. The number of anilines is 1. The highest BCUT2D eigenvalue weighted by molar-refractivity contribution is 6.03. The second-order valence-corrected chi connectivity index (χ2v) is 3.90. The predicted molar refractivity (Wildman–Crippen MR) is 71.1 cm³/mol. The zero-order chi connectivity index (χ0) is 14.4. The molecule has 104 valence electrons. The summed E-state index contributed by atoms with van der Waals surface area (Å²) >= 11 is 0. The fraction of sp³-hybridized carbons (Fsp3) is 0.231. The molecule has 2 aromatic rings. The van der Waals surface area contributed by atoms with Crippen LogP contribution in [0, 0.1) is 0 Å². The monoisotopic (exact) mass is 274 g/mol. The first-order valence-corrected chi connectivity index (χ1v) is 6.09. The minimum atomic E-state index is -0.374. The largest absolute Gasteiger partial charge is 0.465 e. The van der Waals surface area contributed by atoms with Gasteiger partial charge in [-0.3, -0.25) is 19.3 Å². The molecule has 1 amide bonds. The van der Waals surface area contributed by atoms with Crippen molar-refractivity contribution >= 4 is 17.7 Å². The van der Waals surface area contributed by atoms with Crippen molar-refractivity contribution in [2.75, 3.05) is 11.9 Å². The standard InChI is InChI=1S/C13H14N4O3/c1-2-20-12(18)9-17-7-5-11(16-17)15-13(19)10-4-3-6-14-8-10/h3-8H,2,9H2,1H3,(H,15,16,19). The molecule has 0 bridgehead atoms. The van der Waals surface area contributed by atoms with Crippen molar-refractivity contribution in [2.24, 2.45) is 0 Å². The lowest BCUT2D eigenvalue weighted by atomic mass is 10.3. The van der Waals surface area contributed by atoms with Crippen LogP contribution in [0.25, 0.3) is 0 Å². The molecule has 0 atom stereocenters. The van der Waals surface area contributed by atoms with Gasteiger partial charge < -0.3 is 10.1 Å².